The van der Waals surface area contributed by atoms with Gasteiger partial charge in [-0.1, -0.05) is 18.2 Å². The summed E-state index contributed by atoms with van der Waals surface area (Å²) >= 11 is 0. The maximum Gasteiger partial charge on any atom is 0.295 e. The topological polar surface area (TPSA) is 82.6 Å². The van der Waals surface area contributed by atoms with Crippen LogP contribution in [-0.4, -0.2) is 29.1 Å². The van der Waals surface area contributed by atoms with Gasteiger partial charge in [-0.3, -0.25) is 14.2 Å². The monoisotopic (exact) mass is 335 g/mol. The van der Waals surface area contributed by atoms with Crippen molar-refractivity contribution < 1.29 is 0 Å². The van der Waals surface area contributed by atoms with Crippen molar-refractivity contribution in [1.82, 2.24) is 29.1 Å². The molecule has 0 radical (unpaired) electrons. The van der Waals surface area contributed by atoms with E-state index in [4.69, 9.17) is 0 Å². The van der Waals surface area contributed by atoms with Crippen molar-refractivity contribution in [1.29, 1.82) is 0 Å². The summed E-state index contributed by atoms with van der Waals surface area (Å²) in [6.07, 6.45) is 3.14. The van der Waals surface area contributed by atoms with Crippen molar-refractivity contribution in [3.8, 4) is 5.69 Å². The van der Waals surface area contributed by atoms with E-state index in [1.54, 1.807) is 15.6 Å². The average Bonchev–Trinajstić information content (AvgIpc) is 3.10. The molecule has 8 nitrogen and oxygen atoms in total. The quantitative estimate of drug-likeness (QED) is 0.618. The van der Waals surface area contributed by atoms with Gasteiger partial charge < -0.3 is 5.32 Å². The summed E-state index contributed by atoms with van der Waals surface area (Å²) in [4.78, 5) is 21.5. The molecule has 3 aromatic heterocycles. The molecule has 8 heteroatoms. The normalized spacial score (nSPS) is 11.2. The van der Waals surface area contributed by atoms with Crippen molar-refractivity contribution in [3.05, 3.63) is 58.9 Å². The molecular weight excluding hydrogens is 318 g/mol. The van der Waals surface area contributed by atoms with Crippen LogP contribution < -0.4 is 10.9 Å². The Balaban J connectivity index is 1.85. The number of fused-ring (bicyclic) bond motifs is 1. The van der Waals surface area contributed by atoms with Gasteiger partial charge in [0.1, 0.15) is 17.8 Å². The lowest BCUT2D eigenvalue weighted by atomic mass is 10.3. The zero-order chi connectivity index (χ0) is 17.6. The summed E-state index contributed by atoms with van der Waals surface area (Å²) in [7, 11) is 3.67. The van der Waals surface area contributed by atoms with Crippen molar-refractivity contribution in [2.24, 2.45) is 14.1 Å². The molecule has 0 aliphatic rings. The number of rotatable bonds is 3. The molecule has 4 rings (SSSR count). The van der Waals surface area contributed by atoms with Gasteiger partial charge >= 0.3 is 0 Å². The van der Waals surface area contributed by atoms with Crippen molar-refractivity contribution in [2.45, 2.75) is 6.92 Å². The molecule has 1 aromatic carbocycles. The number of aryl methyl sites for hydroxylation is 1. The first kappa shape index (κ1) is 15.1. The van der Waals surface area contributed by atoms with Gasteiger partial charge in [-0.2, -0.15) is 5.10 Å². The van der Waals surface area contributed by atoms with Crippen LogP contribution in [0, 0.1) is 6.92 Å². The summed E-state index contributed by atoms with van der Waals surface area (Å²) in [6.45, 7) is 1.89. The highest BCUT2D eigenvalue weighted by Gasteiger charge is 2.18. The number of anilines is 2. The molecule has 0 fully saturated rings. The predicted molar refractivity (Wildman–Crippen MR) is 95.3 cm³/mol. The zero-order valence-electron chi connectivity index (χ0n) is 14.1. The van der Waals surface area contributed by atoms with Crippen molar-refractivity contribution in [2.75, 3.05) is 5.32 Å². The number of nitrogens with one attached hydrogen (secondary N) is 1. The van der Waals surface area contributed by atoms with Crippen LogP contribution >= 0.6 is 0 Å². The van der Waals surface area contributed by atoms with E-state index in [0.717, 1.165) is 16.8 Å². The third-order valence-corrected chi connectivity index (χ3v) is 4.33. The van der Waals surface area contributed by atoms with E-state index in [-0.39, 0.29) is 5.56 Å². The van der Waals surface area contributed by atoms with Crippen LogP contribution in [0.15, 0.2) is 47.7 Å². The van der Waals surface area contributed by atoms with Crippen molar-refractivity contribution in [3.63, 3.8) is 0 Å². The summed E-state index contributed by atoms with van der Waals surface area (Å²) in [5.74, 6) is 0.559. The summed E-state index contributed by atoms with van der Waals surface area (Å²) in [5.41, 5.74) is 2.66. The van der Waals surface area contributed by atoms with E-state index in [1.165, 1.54) is 6.33 Å². The lowest BCUT2D eigenvalue weighted by Crippen LogP contribution is -2.20. The second-order valence-electron chi connectivity index (χ2n) is 5.79. The van der Waals surface area contributed by atoms with Gasteiger partial charge in [0.2, 0.25) is 0 Å². The lowest BCUT2D eigenvalue weighted by Gasteiger charge is -2.07. The number of hydrogen-bond acceptors (Lipinski definition) is 5. The standard InChI is InChI=1S/C17H17N7O/c1-11-14(17(25)24(23(11)3)12-7-5-4-6-8-12)21-15-13-9-20-22(2)16(13)19-10-18-15/h4-10H,1-3H3,(H,18,19,21). The molecule has 0 spiro atoms. The van der Waals surface area contributed by atoms with E-state index < -0.39 is 0 Å². The van der Waals surface area contributed by atoms with E-state index >= 15 is 0 Å². The highest BCUT2D eigenvalue weighted by atomic mass is 16.1. The maximum atomic E-state index is 13.0. The van der Waals surface area contributed by atoms with Gasteiger partial charge in [0.15, 0.2) is 5.65 Å². The molecule has 0 atom stereocenters. The van der Waals surface area contributed by atoms with Gasteiger partial charge in [-0.25, -0.2) is 14.6 Å². The molecule has 126 valence electrons. The third kappa shape index (κ3) is 2.30. The Kier molecular flexibility index (Phi) is 3.38. The minimum atomic E-state index is -0.137. The Labute approximate surface area is 143 Å². The van der Waals surface area contributed by atoms with Gasteiger partial charge in [0.05, 0.1) is 23.0 Å². The maximum absolute atomic E-state index is 13.0. The molecule has 1 N–H and O–H groups in total. The van der Waals surface area contributed by atoms with E-state index in [0.29, 0.717) is 17.2 Å². The number of benzene rings is 1. The molecular formula is C17H17N7O. The largest absolute Gasteiger partial charge is 0.333 e. The fourth-order valence-electron chi connectivity index (χ4n) is 2.89. The molecule has 0 aliphatic heterocycles. The zero-order valence-corrected chi connectivity index (χ0v) is 14.1. The van der Waals surface area contributed by atoms with Crippen LogP contribution in [0.3, 0.4) is 0 Å². The average molecular weight is 335 g/mol. The van der Waals surface area contributed by atoms with Gasteiger partial charge in [-0.15, -0.1) is 0 Å². The Morgan fingerprint density at radius 3 is 2.60 bits per heavy atom. The highest BCUT2D eigenvalue weighted by Crippen LogP contribution is 2.23. The van der Waals surface area contributed by atoms with Crippen molar-refractivity contribution >= 4 is 22.5 Å². The van der Waals surface area contributed by atoms with Gasteiger partial charge in [0.25, 0.3) is 5.56 Å². The highest BCUT2D eigenvalue weighted by molar-refractivity contribution is 5.88. The van der Waals surface area contributed by atoms with E-state index in [1.807, 2.05) is 56.0 Å². The fraction of sp³-hybridized carbons (Fsp3) is 0.176. The van der Waals surface area contributed by atoms with Gasteiger partial charge in [0, 0.05) is 14.1 Å². The second kappa shape index (κ2) is 5.59. The smallest absolute Gasteiger partial charge is 0.295 e. The van der Waals surface area contributed by atoms with E-state index in [9.17, 15) is 4.79 Å². The first-order valence-electron chi connectivity index (χ1n) is 7.81. The summed E-state index contributed by atoms with van der Waals surface area (Å²) in [6, 6.07) is 9.52. The molecule has 0 saturated heterocycles. The number of aromatic nitrogens is 6. The molecule has 4 aromatic rings. The number of para-hydroxylation sites is 1. The Morgan fingerprint density at radius 1 is 1.08 bits per heavy atom. The van der Waals surface area contributed by atoms with Crippen LogP contribution in [-0.2, 0) is 14.1 Å². The SMILES string of the molecule is Cc1c(Nc2ncnc3c2cnn3C)c(=O)n(-c2ccccc2)n1C. The van der Waals surface area contributed by atoms with Crippen LogP contribution in [0.2, 0.25) is 0 Å². The first-order chi connectivity index (χ1) is 12.1. The van der Waals surface area contributed by atoms with Crippen LogP contribution in [0.5, 0.6) is 0 Å². The van der Waals surface area contributed by atoms with Crippen LogP contribution in [0.1, 0.15) is 5.69 Å². The Hall–Kier alpha value is -3.42. The van der Waals surface area contributed by atoms with Crippen LogP contribution in [0.25, 0.3) is 16.7 Å². The fourth-order valence-corrected chi connectivity index (χ4v) is 2.89. The van der Waals surface area contributed by atoms with Gasteiger partial charge in [-0.05, 0) is 19.1 Å². The molecule has 3 heterocycles. The minimum Gasteiger partial charge on any atom is -0.333 e. The molecule has 25 heavy (non-hydrogen) atoms. The minimum absolute atomic E-state index is 0.137. The molecule has 0 unspecified atom stereocenters. The van der Waals surface area contributed by atoms with Crippen LogP contribution in [0.4, 0.5) is 11.5 Å². The van der Waals surface area contributed by atoms with E-state index in [2.05, 4.69) is 20.4 Å². The molecule has 0 saturated carbocycles. The Bertz CT molecular complexity index is 1120. The first-order valence-corrected chi connectivity index (χ1v) is 7.81. The molecule has 0 aliphatic carbocycles. The Morgan fingerprint density at radius 2 is 1.84 bits per heavy atom. The third-order valence-electron chi connectivity index (χ3n) is 4.33. The predicted octanol–water partition coefficient (Wildman–Crippen LogP) is 1.90. The number of nitrogens with zero attached hydrogens (tertiary/aromatic N) is 6. The molecule has 0 bridgehead atoms. The molecule has 0 amide bonds. The number of hydrogen-bond donors (Lipinski definition) is 1. The summed E-state index contributed by atoms with van der Waals surface area (Å²) < 4.78 is 5.11. The lowest BCUT2D eigenvalue weighted by molar-refractivity contribution is 0.630. The summed E-state index contributed by atoms with van der Waals surface area (Å²) in [5, 5.41) is 8.13. The second-order valence-corrected chi connectivity index (χ2v) is 5.79.